The second-order valence-electron chi connectivity index (χ2n) is 17.3. The van der Waals surface area contributed by atoms with Crippen molar-refractivity contribution in [2.75, 3.05) is 49.5 Å². The maximum Gasteiger partial charge on any atom is 0.314 e. The summed E-state index contributed by atoms with van der Waals surface area (Å²) in [6.45, 7) is 10.6. The third kappa shape index (κ3) is 9.12. The Kier molecular flexibility index (Phi) is 11.5. The van der Waals surface area contributed by atoms with E-state index < -0.39 is 37.5 Å². The molecular weight excluding hydrogens is 856 g/mol. The molecule has 6 aromatic rings. The molecule has 5 heterocycles. The van der Waals surface area contributed by atoms with Crippen molar-refractivity contribution in [1.82, 2.24) is 24.6 Å². The van der Waals surface area contributed by atoms with Crippen LogP contribution in [-0.2, 0) is 10.0 Å². The molecule has 330 valence electrons. The molecule has 0 bridgehead atoms. The molecular formula is C47H47ClN8O7S. The number of halogens is 1. The number of nitrogens with one attached hydrogen (secondary N) is 3. The van der Waals surface area contributed by atoms with E-state index in [2.05, 4.69) is 60.8 Å². The highest BCUT2D eigenvalue weighted by molar-refractivity contribution is 7.90. The van der Waals surface area contributed by atoms with Crippen LogP contribution in [-0.4, -0.2) is 78.4 Å². The van der Waals surface area contributed by atoms with Gasteiger partial charge in [0, 0.05) is 73.3 Å². The van der Waals surface area contributed by atoms with Gasteiger partial charge in [0.25, 0.3) is 15.9 Å². The molecule has 1 amide bonds. The highest BCUT2D eigenvalue weighted by Gasteiger charge is 2.34. The summed E-state index contributed by atoms with van der Waals surface area (Å²) in [5.41, 5.74) is 6.68. The highest BCUT2D eigenvalue weighted by Crippen LogP contribution is 2.45. The van der Waals surface area contributed by atoms with Crippen molar-refractivity contribution in [3.63, 3.8) is 0 Å². The first-order valence-electron chi connectivity index (χ1n) is 21.1. The van der Waals surface area contributed by atoms with Gasteiger partial charge in [-0.15, -0.1) is 0 Å². The topological polar surface area (TPSA) is 185 Å². The number of aromatic nitrogens is 3. The summed E-state index contributed by atoms with van der Waals surface area (Å²) in [6, 6.07) is 22.5. The molecule has 0 spiro atoms. The molecule has 9 rings (SSSR count). The number of ether oxygens (including phenoxy) is 2. The molecule has 3 N–H and O–H groups in total. The van der Waals surface area contributed by atoms with Gasteiger partial charge in [-0.05, 0) is 96.8 Å². The number of allylic oxidation sites excluding steroid dienone is 1. The third-order valence-corrected chi connectivity index (χ3v) is 13.7. The van der Waals surface area contributed by atoms with Crippen LogP contribution in [0.3, 0.4) is 0 Å². The smallest absolute Gasteiger partial charge is 0.314 e. The van der Waals surface area contributed by atoms with Crippen molar-refractivity contribution < 1.29 is 27.6 Å². The van der Waals surface area contributed by atoms with Crippen molar-refractivity contribution in [3.8, 4) is 17.2 Å². The van der Waals surface area contributed by atoms with Crippen LogP contribution < -0.4 is 24.4 Å². The van der Waals surface area contributed by atoms with Crippen molar-refractivity contribution in [2.24, 2.45) is 5.41 Å². The molecule has 3 aliphatic rings. The Bertz CT molecular complexity index is 2910. The van der Waals surface area contributed by atoms with Crippen molar-refractivity contribution in [1.29, 1.82) is 0 Å². The molecule has 1 saturated heterocycles. The van der Waals surface area contributed by atoms with E-state index in [1.54, 1.807) is 36.7 Å². The van der Waals surface area contributed by atoms with Gasteiger partial charge < -0.3 is 24.7 Å². The lowest BCUT2D eigenvalue weighted by atomic mass is 9.72. The molecule has 1 fully saturated rings. The van der Waals surface area contributed by atoms with Gasteiger partial charge >= 0.3 is 5.69 Å². The lowest BCUT2D eigenvalue weighted by Crippen LogP contribution is -2.47. The fraction of sp³-hybridized carbons (Fsp3) is 0.298. The Morgan fingerprint density at radius 3 is 2.56 bits per heavy atom. The van der Waals surface area contributed by atoms with Crippen LogP contribution in [0.25, 0.3) is 16.6 Å². The van der Waals surface area contributed by atoms with Crippen molar-refractivity contribution in [3.05, 3.63) is 141 Å². The molecule has 3 aromatic heterocycles. The molecule has 2 aliphatic heterocycles. The van der Waals surface area contributed by atoms with Crippen LogP contribution in [0.15, 0.2) is 108 Å². The zero-order valence-electron chi connectivity index (χ0n) is 35.6. The molecule has 0 saturated carbocycles. The number of nitro groups is 1. The summed E-state index contributed by atoms with van der Waals surface area (Å²) in [7, 11) is -4.67. The molecule has 1 aliphatic carbocycles. The van der Waals surface area contributed by atoms with Gasteiger partial charge in [-0.25, -0.2) is 18.1 Å². The van der Waals surface area contributed by atoms with E-state index in [-0.39, 0.29) is 34.7 Å². The fourth-order valence-corrected chi connectivity index (χ4v) is 9.71. The van der Waals surface area contributed by atoms with Gasteiger partial charge in [0.1, 0.15) is 17.1 Å². The number of hydrogen-bond donors (Lipinski definition) is 3. The number of benzene rings is 3. The molecule has 0 radical (unpaired) electrons. The number of aryl methyl sites for hydroxylation is 1. The average molecular weight is 903 g/mol. The first-order valence-corrected chi connectivity index (χ1v) is 23.0. The number of anilines is 2. The minimum absolute atomic E-state index is 0.0654. The first-order chi connectivity index (χ1) is 30.7. The first kappa shape index (κ1) is 42.8. The molecule has 64 heavy (non-hydrogen) atoms. The number of pyridine rings is 2. The van der Waals surface area contributed by atoms with E-state index in [4.69, 9.17) is 21.1 Å². The Balaban J connectivity index is 0.953. The number of carbonyl (C=O) groups excluding carboxylic acids is 1. The van der Waals surface area contributed by atoms with Crippen molar-refractivity contribution >= 4 is 61.2 Å². The van der Waals surface area contributed by atoms with Gasteiger partial charge in [-0.1, -0.05) is 49.2 Å². The van der Waals surface area contributed by atoms with Gasteiger partial charge in [-0.3, -0.25) is 24.8 Å². The summed E-state index contributed by atoms with van der Waals surface area (Å²) in [4.78, 5) is 41.7. The minimum atomic E-state index is -4.67. The van der Waals surface area contributed by atoms with E-state index in [1.807, 2.05) is 31.2 Å². The number of hydrogen-bond acceptors (Lipinski definition) is 12. The number of piperazine rings is 1. The molecule has 3 aromatic carbocycles. The summed E-state index contributed by atoms with van der Waals surface area (Å²) >= 11 is 6.25. The molecule has 17 heteroatoms. The van der Waals surface area contributed by atoms with Crippen LogP contribution in [0.5, 0.6) is 17.2 Å². The number of fused-ring (bicyclic) bond motifs is 2. The predicted octanol–water partition coefficient (Wildman–Crippen LogP) is 9.07. The number of nitro benzene ring substituents is 1. The van der Waals surface area contributed by atoms with Gasteiger partial charge in [0.05, 0.1) is 39.5 Å². The number of carbonyl (C=O) groups is 1. The zero-order chi connectivity index (χ0) is 44.8. The number of H-pyrrole nitrogens is 1. The quantitative estimate of drug-likeness (QED) is 0.0829. The zero-order valence-corrected chi connectivity index (χ0v) is 37.1. The van der Waals surface area contributed by atoms with Crippen LogP contribution in [0.1, 0.15) is 66.4 Å². The van der Waals surface area contributed by atoms with E-state index in [0.717, 1.165) is 66.6 Å². The van der Waals surface area contributed by atoms with Crippen LogP contribution in [0.4, 0.5) is 17.1 Å². The maximum atomic E-state index is 14.0. The number of nitrogens with zero attached hydrogens (tertiary/aromatic N) is 5. The fourth-order valence-electron chi connectivity index (χ4n) is 8.57. The average Bonchev–Trinajstić information content (AvgIpc) is 3.75. The summed E-state index contributed by atoms with van der Waals surface area (Å²) in [5, 5.41) is 16.9. The monoisotopic (exact) mass is 902 g/mol. The van der Waals surface area contributed by atoms with Crippen LogP contribution in [0.2, 0.25) is 5.02 Å². The predicted molar refractivity (Wildman–Crippen MR) is 246 cm³/mol. The largest absolute Gasteiger partial charge is 0.474 e. The highest BCUT2D eigenvalue weighted by atomic mass is 35.5. The second kappa shape index (κ2) is 17.2. The lowest BCUT2D eigenvalue weighted by molar-refractivity contribution is -0.386. The summed E-state index contributed by atoms with van der Waals surface area (Å²) in [6.07, 6.45) is 7.45. The normalized spacial score (nSPS) is 17.6. The number of aromatic amines is 1. The number of amides is 1. The summed E-state index contributed by atoms with van der Waals surface area (Å²) in [5.74, 6) is -0.680. The van der Waals surface area contributed by atoms with Crippen molar-refractivity contribution in [2.45, 2.75) is 51.0 Å². The van der Waals surface area contributed by atoms with Gasteiger partial charge in [0.15, 0.2) is 6.10 Å². The Labute approximate surface area is 375 Å². The van der Waals surface area contributed by atoms with E-state index >= 15 is 0 Å². The van der Waals surface area contributed by atoms with Crippen LogP contribution >= 0.6 is 11.6 Å². The molecule has 15 nitrogen and oxygen atoms in total. The van der Waals surface area contributed by atoms with Gasteiger partial charge in [-0.2, -0.15) is 0 Å². The van der Waals surface area contributed by atoms with E-state index in [0.29, 0.717) is 30.2 Å². The lowest BCUT2D eigenvalue weighted by Gasteiger charge is -2.39. The molecule has 1 atom stereocenters. The second-order valence-corrected chi connectivity index (χ2v) is 19.4. The van der Waals surface area contributed by atoms with E-state index in [1.165, 1.54) is 35.0 Å². The third-order valence-electron chi connectivity index (χ3n) is 12.1. The maximum absolute atomic E-state index is 14.0. The van der Waals surface area contributed by atoms with Gasteiger partial charge in [0.2, 0.25) is 5.75 Å². The Morgan fingerprint density at radius 2 is 1.81 bits per heavy atom. The van der Waals surface area contributed by atoms with E-state index in [9.17, 15) is 23.3 Å². The SMILES string of the molecule is Cc1ccc([C@@H]2CNc3cc(S(=O)(=O)NC(=O)c4ccc(N5CCN(CC6=C(c7ccc(Cl)cc7)CC(C)(C)CC6)CC5)cc4Oc4cnc5[nH]ccc5c4)cc([N+](=O)[O-])c3O2)nc1. The Morgan fingerprint density at radius 1 is 1.02 bits per heavy atom. The molecule has 0 unspecified atom stereocenters. The summed E-state index contributed by atoms with van der Waals surface area (Å²) < 4.78 is 42.3. The number of rotatable bonds is 11. The standard InChI is InChI=1S/C47H47ClN8O7S/c1-29-4-11-39(50-25-29)43-27-51-40-22-36(23-41(56(58)59)44(40)63-43)64(60,61)53-46(57)37-10-9-34(21-42(37)62-35-20-31-13-15-49-45(31)52-26-35)55-18-16-54(17-19-55)28-32-12-14-47(2,3)24-38(32)30-5-7-33(48)8-6-30/h4-11,13,15,20-23,25-26,43,51H,12,14,16-19,24,27-28H2,1-3H3,(H,49,52)(H,53,57)/t43-/m0/s1. The Hall–Kier alpha value is -6.49. The number of sulfonamides is 1. The minimum Gasteiger partial charge on any atom is -0.474 e. The van der Waals surface area contributed by atoms with Crippen LogP contribution in [0, 0.1) is 22.5 Å².